The third-order valence-corrected chi connectivity index (χ3v) is 3.88. The molecule has 0 unspecified atom stereocenters. The second-order valence-corrected chi connectivity index (χ2v) is 7.51. The van der Waals surface area contributed by atoms with Gasteiger partial charge in [-0.1, -0.05) is 39.3 Å². The van der Waals surface area contributed by atoms with Gasteiger partial charge in [0, 0.05) is 6.04 Å². The molecule has 0 atom stereocenters. The standard InChI is InChI=1S/C15H23ClN2/c1-14(2)7-12(8-15(3,4)10-14)18-11-5-6-13(16)17-9-11/h5-6,9,12,18H,7-8,10H2,1-4H3. The molecule has 1 aliphatic rings. The van der Waals surface area contributed by atoms with E-state index in [0.717, 1.165) is 5.69 Å². The topological polar surface area (TPSA) is 24.9 Å². The van der Waals surface area contributed by atoms with Crippen molar-refractivity contribution in [2.24, 2.45) is 10.8 Å². The monoisotopic (exact) mass is 266 g/mol. The minimum absolute atomic E-state index is 0.402. The van der Waals surface area contributed by atoms with Crippen molar-refractivity contribution >= 4 is 17.3 Å². The minimum atomic E-state index is 0.402. The summed E-state index contributed by atoms with van der Waals surface area (Å²) in [5, 5.41) is 4.14. The van der Waals surface area contributed by atoms with Gasteiger partial charge in [0.1, 0.15) is 5.15 Å². The number of rotatable bonds is 2. The average molecular weight is 267 g/mol. The van der Waals surface area contributed by atoms with Crippen LogP contribution in [0.25, 0.3) is 0 Å². The molecule has 0 aliphatic heterocycles. The lowest BCUT2D eigenvalue weighted by molar-refractivity contribution is 0.105. The molecule has 3 heteroatoms. The summed E-state index contributed by atoms with van der Waals surface area (Å²) < 4.78 is 0. The maximum absolute atomic E-state index is 5.81. The molecule has 1 aromatic heterocycles. The SMILES string of the molecule is CC1(C)CC(Nc2ccc(Cl)nc2)CC(C)(C)C1. The molecule has 0 aromatic carbocycles. The summed E-state index contributed by atoms with van der Waals surface area (Å²) >= 11 is 5.81. The Morgan fingerprint density at radius 3 is 2.28 bits per heavy atom. The van der Waals surface area contributed by atoms with Gasteiger partial charge in [-0.25, -0.2) is 4.98 Å². The van der Waals surface area contributed by atoms with Crippen molar-refractivity contribution in [1.29, 1.82) is 0 Å². The molecule has 0 radical (unpaired) electrons. The summed E-state index contributed by atoms with van der Waals surface area (Å²) in [5.41, 5.74) is 1.87. The molecule has 0 amide bonds. The molecular weight excluding hydrogens is 244 g/mol. The second kappa shape index (κ2) is 4.73. The fraction of sp³-hybridized carbons (Fsp3) is 0.667. The van der Waals surface area contributed by atoms with Crippen LogP contribution >= 0.6 is 11.6 Å². The van der Waals surface area contributed by atoms with Crippen LogP contribution in [0.3, 0.4) is 0 Å². The minimum Gasteiger partial charge on any atom is -0.381 e. The van der Waals surface area contributed by atoms with Gasteiger partial charge in [0.25, 0.3) is 0 Å². The van der Waals surface area contributed by atoms with Gasteiger partial charge in [0.15, 0.2) is 0 Å². The van der Waals surface area contributed by atoms with E-state index in [2.05, 4.69) is 38.0 Å². The van der Waals surface area contributed by atoms with E-state index in [-0.39, 0.29) is 0 Å². The molecule has 18 heavy (non-hydrogen) atoms. The highest BCUT2D eigenvalue weighted by Gasteiger charge is 2.38. The Morgan fingerprint density at radius 1 is 1.17 bits per heavy atom. The summed E-state index contributed by atoms with van der Waals surface area (Å²) in [7, 11) is 0. The first-order valence-corrected chi connectivity index (χ1v) is 7.02. The zero-order chi connectivity index (χ0) is 13.4. The quantitative estimate of drug-likeness (QED) is 0.782. The van der Waals surface area contributed by atoms with Gasteiger partial charge < -0.3 is 5.32 Å². The van der Waals surface area contributed by atoms with Crippen molar-refractivity contribution in [3.63, 3.8) is 0 Å². The van der Waals surface area contributed by atoms with Gasteiger partial charge in [0.05, 0.1) is 11.9 Å². The zero-order valence-corrected chi connectivity index (χ0v) is 12.5. The Kier molecular flexibility index (Phi) is 3.59. The first-order chi connectivity index (χ1) is 8.26. The van der Waals surface area contributed by atoms with E-state index >= 15 is 0 Å². The van der Waals surface area contributed by atoms with Gasteiger partial charge in [-0.15, -0.1) is 0 Å². The lowest BCUT2D eigenvalue weighted by Gasteiger charge is -2.45. The number of pyridine rings is 1. The Balaban J connectivity index is 2.07. The second-order valence-electron chi connectivity index (χ2n) is 7.12. The van der Waals surface area contributed by atoms with E-state index in [1.54, 1.807) is 0 Å². The van der Waals surface area contributed by atoms with Crippen LogP contribution < -0.4 is 5.32 Å². The molecule has 1 aliphatic carbocycles. The number of hydrogen-bond acceptors (Lipinski definition) is 2. The molecule has 1 heterocycles. The predicted molar refractivity (Wildman–Crippen MR) is 78.1 cm³/mol. The summed E-state index contributed by atoms with van der Waals surface area (Å²) in [4.78, 5) is 4.12. The number of nitrogens with one attached hydrogen (secondary N) is 1. The molecule has 0 bridgehead atoms. The summed E-state index contributed by atoms with van der Waals surface area (Å²) in [5.74, 6) is 0. The first-order valence-electron chi connectivity index (χ1n) is 6.64. The van der Waals surface area contributed by atoms with E-state index in [1.807, 2.05) is 18.3 Å². The zero-order valence-electron chi connectivity index (χ0n) is 11.8. The van der Waals surface area contributed by atoms with Crippen molar-refractivity contribution in [3.05, 3.63) is 23.5 Å². The number of aromatic nitrogens is 1. The van der Waals surface area contributed by atoms with Crippen LogP contribution in [0.5, 0.6) is 0 Å². The third-order valence-electron chi connectivity index (χ3n) is 3.65. The van der Waals surface area contributed by atoms with E-state index in [1.165, 1.54) is 19.3 Å². The highest BCUT2D eigenvalue weighted by molar-refractivity contribution is 6.29. The molecule has 0 saturated heterocycles. The third kappa shape index (κ3) is 3.61. The van der Waals surface area contributed by atoms with E-state index < -0.39 is 0 Å². The van der Waals surface area contributed by atoms with Gasteiger partial charge in [-0.2, -0.15) is 0 Å². The molecule has 1 aromatic rings. The normalized spacial score (nSPS) is 22.7. The first kappa shape index (κ1) is 13.7. The van der Waals surface area contributed by atoms with Crippen LogP contribution in [0, 0.1) is 10.8 Å². The smallest absolute Gasteiger partial charge is 0.129 e. The van der Waals surface area contributed by atoms with Crippen molar-refractivity contribution in [3.8, 4) is 0 Å². The van der Waals surface area contributed by atoms with E-state index in [0.29, 0.717) is 22.0 Å². The fourth-order valence-electron chi connectivity index (χ4n) is 3.65. The van der Waals surface area contributed by atoms with Crippen LogP contribution in [-0.2, 0) is 0 Å². The van der Waals surface area contributed by atoms with Gasteiger partial charge in [0.2, 0.25) is 0 Å². The Bertz CT molecular complexity index is 393. The molecule has 2 rings (SSSR count). The molecule has 0 spiro atoms. The molecule has 1 fully saturated rings. The van der Waals surface area contributed by atoms with Crippen LogP contribution in [-0.4, -0.2) is 11.0 Å². The maximum atomic E-state index is 5.81. The van der Waals surface area contributed by atoms with Crippen LogP contribution in [0.15, 0.2) is 18.3 Å². The van der Waals surface area contributed by atoms with Crippen molar-refractivity contribution < 1.29 is 0 Å². The van der Waals surface area contributed by atoms with E-state index in [4.69, 9.17) is 11.6 Å². The largest absolute Gasteiger partial charge is 0.381 e. The molecule has 1 N–H and O–H groups in total. The summed E-state index contributed by atoms with van der Waals surface area (Å²) in [6, 6.07) is 4.36. The van der Waals surface area contributed by atoms with Crippen LogP contribution in [0.4, 0.5) is 5.69 Å². The van der Waals surface area contributed by atoms with Crippen molar-refractivity contribution in [2.75, 3.05) is 5.32 Å². The molecular formula is C15H23ClN2. The Morgan fingerprint density at radius 2 is 1.78 bits per heavy atom. The lowest BCUT2D eigenvalue weighted by atomic mass is 9.63. The maximum Gasteiger partial charge on any atom is 0.129 e. The highest BCUT2D eigenvalue weighted by atomic mass is 35.5. The highest BCUT2D eigenvalue weighted by Crippen LogP contribution is 2.46. The predicted octanol–water partition coefficient (Wildman–Crippen LogP) is 4.75. The van der Waals surface area contributed by atoms with Crippen LogP contribution in [0.2, 0.25) is 5.15 Å². The summed E-state index contributed by atoms with van der Waals surface area (Å²) in [6.07, 6.45) is 5.52. The number of halogens is 1. The van der Waals surface area contributed by atoms with Crippen LogP contribution in [0.1, 0.15) is 47.0 Å². The Labute approximate surface area is 115 Å². The number of anilines is 1. The number of hydrogen-bond donors (Lipinski definition) is 1. The average Bonchev–Trinajstić information content (AvgIpc) is 2.16. The lowest BCUT2D eigenvalue weighted by Crippen LogP contribution is -2.40. The van der Waals surface area contributed by atoms with E-state index in [9.17, 15) is 0 Å². The number of nitrogens with zero attached hydrogens (tertiary/aromatic N) is 1. The molecule has 1 saturated carbocycles. The van der Waals surface area contributed by atoms with Gasteiger partial charge in [-0.05, 0) is 42.2 Å². The van der Waals surface area contributed by atoms with Gasteiger partial charge >= 0.3 is 0 Å². The van der Waals surface area contributed by atoms with Crippen molar-refractivity contribution in [1.82, 2.24) is 4.98 Å². The molecule has 100 valence electrons. The van der Waals surface area contributed by atoms with Crippen molar-refractivity contribution in [2.45, 2.75) is 53.0 Å². The van der Waals surface area contributed by atoms with Gasteiger partial charge in [-0.3, -0.25) is 0 Å². The summed E-state index contributed by atoms with van der Waals surface area (Å²) in [6.45, 7) is 9.46. The Hall–Kier alpha value is -0.760. The fourth-order valence-corrected chi connectivity index (χ4v) is 3.76. The molecule has 2 nitrogen and oxygen atoms in total.